The molecule has 0 saturated carbocycles. The molecule has 3 aliphatic rings. The molecule has 0 spiro atoms. The first-order valence-electron chi connectivity index (χ1n) is 8.35. The molecule has 0 aliphatic carbocycles. The molecule has 3 fully saturated rings. The average molecular weight is 279 g/mol. The Morgan fingerprint density at radius 1 is 1.35 bits per heavy atom. The van der Waals surface area contributed by atoms with E-state index < -0.39 is 0 Å². The number of rotatable bonds is 4. The largest absolute Gasteiger partial charge is 0.355 e. The second kappa shape index (κ2) is 5.64. The van der Waals surface area contributed by atoms with Gasteiger partial charge in [-0.1, -0.05) is 6.92 Å². The summed E-state index contributed by atoms with van der Waals surface area (Å²) in [6, 6.07) is 1.54. The molecule has 114 valence electrons. The van der Waals surface area contributed by atoms with Crippen molar-refractivity contribution < 1.29 is 4.79 Å². The highest BCUT2D eigenvalue weighted by molar-refractivity contribution is 5.83. The normalized spacial score (nSPS) is 41.0. The highest BCUT2D eigenvalue weighted by Crippen LogP contribution is 2.37. The van der Waals surface area contributed by atoms with E-state index in [9.17, 15) is 4.79 Å². The third-order valence-corrected chi connectivity index (χ3v) is 6.15. The summed E-state index contributed by atoms with van der Waals surface area (Å²) in [6.45, 7) is 4.87. The zero-order valence-electron chi connectivity index (χ0n) is 13.0. The Labute approximate surface area is 122 Å². The number of nitrogens with one attached hydrogen (secondary N) is 2. The number of fused-ring (bicyclic) bond motifs is 2. The van der Waals surface area contributed by atoms with Gasteiger partial charge in [-0.3, -0.25) is 4.79 Å². The summed E-state index contributed by atoms with van der Waals surface area (Å²) in [6.07, 6.45) is 7.19. The third-order valence-electron chi connectivity index (χ3n) is 6.15. The lowest BCUT2D eigenvalue weighted by atomic mass is 9.83. The molecule has 4 nitrogen and oxygen atoms in total. The summed E-state index contributed by atoms with van der Waals surface area (Å²) in [5, 5.41) is 6.62. The summed E-state index contributed by atoms with van der Waals surface area (Å²) in [7, 11) is 2.27. The Bertz CT molecular complexity index is 351. The average Bonchev–Trinajstić information content (AvgIpc) is 3.00. The van der Waals surface area contributed by atoms with Crippen molar-refractivity contribution in [2.75, 3.05) is 26.7 Å². The van der Waals surface area contributed by atoms with Crippen LogP contribution in [0.5, 0.6) is 0 Å². The monoisotopic (exact) mass is 279 g/mol. The van der Waals surface area contributed by atoms with Gasteiger partial charge in [-0.2, -0.15) is 0 Å². The fraction of sp³-hybridized carbons (Fsp3) is 0.938. The van der Waals surface area contributed by atoms with Gasteiger partial charge in [0.15, 0.2) is 0 Å². The first-order chi connectivity index (χ1) is 9.64. The number of piperidine rings is 1. The van der Waals surface area contributed by atoms with Crippen LogP contribution in [0.4, 0.5) is 0 Å². The number of hydrogen-bond acceptors (Lipinski definition) is 3. The molecular formula is C16H29N3O. The summed E-state index contributed by atoms with van der Waals surface area (Å²) in [5.74, 6) is 0.979. The molecule has 2 N–H and O–H groups in total. The van der Waals surface area contributed by atoms with Crippen LogP contribution in [0.3, 0.4) is 0 Å². The predicted octanol–water partition coefficient (Wildman–Crippen LogP) is 1.37. The van der Waals surface area contributed by atoms with Gasteiger partial charge in [0.1, 0.15) is 0 Å². The standard InChI is InChI=1S/C16H29N3O/c1-3-16(6-7-17-11-16)15(20)18-10-12-8-13-4-5-14(9-12)19(13)2/h12-14,17H,3-11H2,1-2H3,(H,18,20). The van der Waals surface area contributed by atoms with Crippen molar-refractivity contribution in [1.29, 1.82) is 0 Å². The van der Waals surface area contributed by atoms with Gasteiger partial charge in [-0.05, 0) is 58.0 Å². The molecule has 0 aromatic heterocycles. The van der Waals surface area contributed by atoms with Crippen molar-refractivity contribution in [1.82, 2.24) is 15.5 Å². The summed E-state index contributed by atoms with van der Waals surface area (Å²) in [5.41, 5.74) is -0.134. The molecule has 0 aromatic carbocycles. The van der Waals surface area contributed by atoms with E-state index in [0.29, 0.717) is 5.92 Å². The maximum Gasteiger partial charge on any atom is 0.227 e. The molecule has 0 aromatic rings. The van der Waals surface area contributed by atoms with Crippen LogP contribution < -0.4 is 10.6 Å². The van der Waals surface area contributed by atoms with Crippen LogP contribution in [0.25, 0.3) is 0 Å². The van der Waals surface area contributed by atoms with E-state index in [-0.39, 0.29) is 11.3 Å². The lowest BCUT2D eigenvalue weighted by Crippen LogP contribution is -2.47. The van der Waals surface area contributed by atoms with Gasteiger partial charge in [0, 0.05) is 25.2 Å². The van der Waals surface area contributed by atoms with E-state index in [1.165, 1.54) is 25.7 Å². The lowest BCUT2D eigenvalue weighted by Gasteiger charge is -2.37. The lowest BCUT2D eigenvalue weighted by molar-refractivity contribution is -0.130. The van der Waals surface area contributed by atoms with Crippen LogP contribution in [0.15, 0.2) is 0 Å². The minimum atomic E-state index is -0.134. The predicted molar refractivity (Wildman–Crippen MR) is 80.5 cm³/mol. The van der Waals surface area contributed by atoms with Gasteiger partial charge in [0.05, 0.1) is 5.41 Å². The second-order valence-electron chi connectivity index (χ2n) is 7.16. The zero-order valence-corrected chi connectivity index (χ0v) is 13.0. The first-order valence-corrected chi connectivity index (χ1v) is 8.35. The molecule has 1 amide bonds. The first kappa shape index (κ1) is 14.3. The molecular weight excluding hydrogens is 250 g/mol. The van der Waals surface area contributed by atoms with Crippen molar-refractivity contribution in [3.63, 3.8) is 0 Å². The fourth-order valence-corrected chi connectivity index (χ4v) is 4.52. The maximum absolute atomic E-state index is 12.5. The summed E-state index contributed by atoms with van der Waals surface area (Å²) < 4.78 is 0. The Hall–Kier alpha value is -0.610. The Morgan fingerprint density at radius 2 is 2.05 bits per heavy atom. The quantitative estimate of drug-likeness (QED) is 0.817. The molecule has 3 saturated heterocycles. The van der Waals surface area contributed by atoms with Gasteiger partial charge in [0.25, 0.3) is 0 Å². The number of hydrogen-bond donors (Lipinski definition) is 2. The van der Waals surface area contributed by atoms with Crippen LogP contribution in [-0.2, 0) is 4.79 Å². The molecule has 0 radical (unpaired) electrons. The molecule has 20 heavy (non-hydrogen) atoms. The molecule has 2 bridgehead atoms. The van der Waals surface area contributed by atoms with Gasteiger partial charge in [0.2, 0.25) is 5.91 Å². The molecule has 3 rings (SSSR count). The zero-order chi connectivity index (χ0) is 14.2. The van der Waals surface area contributed by atoms with E-state index in [1.54, 1.807) is 0 Å². The van der Waals surface area contributed by atoms with Crippen molar-refractivity contribution >= 4 is 5.91 Å². The molecule has 3 heterocycles. The third kappa shape index (κ3) is 2.48. The van der Waals surface area contributed by atoms with Crippen molar-refractivity contribution in [2.45, 2.75) is 57.5 Å². The van der Waals surface area contributed by atoms with Gasteiger partial charge < -0.3 is 15.5 Å². The summed E-state index contributed by atoms with van der Waals surface area (Å²) >= 11 is 0. The topological polar surface area (TPSA) is 44.4 Å². The molecule has 3 aliphatic heterocycles. The molecule has 3 atom stereocenters. The highest BCUT2D eigenvalue weighted by atomic mass is 16.2. The fourth-order valence-electron chi connectivity index (χ4n) is 4.52. The minimum Gasteiger partial charge on any atom is -0.355 e. The van der Waals surface area contributed by atoms with Crippen molar-refractivity contribution in [3.05, 3.63) is 0 Å². The van der Waals surface area contributed by atoms with Crippen molar-refractivity contribution in [2.24, 2.45) is 11.3 Å². The number of amides is 1. The van der Waals surface area contributed by atoms with E-state index in [1.807, 2.05) is 0 Å². The van der Waals surface area contributed by atoms with Crippen LogP contribution in [0, 0.1) is 11.3 Å². The SMILES string of the molecule is CCC1(C(=O)NCC2CC3CCC(C2)N3C)CCNC1. The Kier molecular flexibility index (Phi) is 4.04. The van der Waals surface area contributed by atoms with Gasteiger partial charge in [-0.15, -0.1) is 0 Å². The van der Waals surface area contributed by atoms with Crippen LogP contribution in [0.1, 0.15) is 45.4 Å². The van der Waals surface area contributed by atoms with E-state index in [2.05, 4.69) is 29.5 Å². The van der Waals surface area contributed by atoms with Crippen LogP contribution >= 0.6 is 0 Å². The van der Waals surface area contributed by atoms with E-state index in [0.717, 1.165) is 44.6 Å². The Morgan fingerprint density at radius 3 is 2.60 bits per heavy atom. The summed E-state index contributed by atoms with van der Waals surface area (Å²) in [4.78, 5) is 15.1. The minimum absolute atomic E-state index is 0.134. The van der Waals surface area contributed by atoms with Crippen LogP contribution in [-0.4, -0.2) is 49.6 Å². The maximum atomic E-state index is 12.5. The molecule has 3 unspecified atom stereocenters. The van der Waals surface area contributed by atoms with Gasteiger partial charge >= 0.3 is 0 Å². The van der Waals surface area contributed by atoms with Crippen molar-refractivity contribution in [3.8, 4) is 0 Å². The van der Waals surface area contributed by atoms with E-state index in [4.69, 9.17) is 0 Å². The Balaban J connectivity index is 1.51. The molecule has 4 heteroatoms. The number of carbonyl (C=O) groups is 1. The smallest absolute Gasteiger partial charge is 0.227 e. The number of nitrogens with zero attached hydrogens (tertiary/aromatic N) is 1. The second-order valence-corrected chi connectivity index (χ2v) is 7.16. The van der Waals surface area contributed by atoms with Crippen LogP contribution in [0.2, 0.25) is 0 Å². The van der Waals surface area contributed by atoms with Gasteiger partial charge in [-0.25, -0.2) is 0 Å². The highest BCUT2D eigenvalue weighted by Gasteiger charge is 2.41. The number of carbonyl (C=O) groups excluding carboxylic acids is 1. The van der Waals surface area contributed by atoms with E-state index >= 15 is 0 Å².